The summed E-state index contributed by atoms with van der Waals surface area (Å²) in [5, 5.41) is 14.1. The van der Waals surface area contributed by atoms with Gasteiger partial charge in [-0.1, -0.05) is 0 Å². The topological polar surface area (TPSA) is 113 Å². The molecule has 2 rings (SSSR count). The standard InChI is InChI=1S/C11H18N2O5S/c14-9(15)11(3-4-11)7-12-10(16)13-8-2-1-5-19(17,18)6-8/h8H,1-7H2,(H,14,15)(H2,12,13,16). The van der Waals surface area contributed by atoms with E-state index >= 15 is 0 Å². The Hall–Kier alpha value is -1.31. The first-order valence-corrected chi connectivity index (χ1v) is 8.13. The number of sulfone groups is 1. The Bertz CT molecular complexity index is 483. The highest BCUT2D eigenvalue weighted by atomic mass is 32.2. The molecule has 19 heavy (non-hydrogen) atoms. The van der Waals surface area contributed by atoms with E-state index in [1.807, 2.05) is 0 Å². The summed E-state index contributed by atoms with van der Waals surface area (Å²) in [6.07, 6.45) is 2.32. The van der Waals surface area contributed by atoms with Crippen LogP contribution in [-0.2, 0) is 14.6 Å². The molecule has 0 spiro atoms. The van der Waals surface area contributed by atoms with Crippen LogP contribution in [0.1, 0.15) is 25.7 Å². The fourth-order valence-electron chi connectivity index (χ4n) is 2.24. The number of aliphatic carboxylic acids is 1. The summed E-state index contributed by atoms with van der Waals surface area (Å²) in [6, 6.07) is -0.867. The summed E-state index contributed by atoms with van der Waals surface area (Å²) in [7, 11) is -3.06. The van der Waals surface area contributed by atoms with Crippen LogP contribution in [-0.4, -0.2) is 49.6 Å². The Balaban J connectivity index is 1.77. The zero-order valence-corrected chi connectivity index (χ0v) is 11.3. The number of hydrogen-bond donors (Lipinski definition) is 3. The van der Waals surface area contributed by atoms with E-state index < -0.39 is 27.3 Å². The van der Waals surface area contributed by atoms with Gasteiger partial charge in [-0.15, -0.1) is 0 Å². The molecule has 1 heterocycles. The average molecular weight is 290 g/mol. The lowest BCUT2D eigenvalue weighted by Gasteiger charge is -2.23. The normalized spacial score (nSPS) is 27.3. The summed E-state index contributed by atoms with van der Waals surface area (Å²) in [4.78, 5) is 22.5. The van der Waals surface area contributed by atoms with Crippen molar-refractivity contribution in [2.75, 3.05) is 18.1 Å². The van der Waals surface area contributed by atoms with Gasteiger partial charge in [0.2, 0.25) is 0 Å². The number of carboxylic acids is 1. The van der Waals surface area contributed by atoms with Gasteiger partial charge in [0.25, 0.3) is 0 Å². The summed E-state index contributed by atoms with van der Waals surface area (Å²) in [6.45, 7) is 0.0909. The summed E-state index contributed by atoms with van der Waals surface area (Å²) in [5.41, 5.74) is -0.810. The molecule has 2 aliphatic rings. The van der Waals surface area contributed by atoms with E-state index in [0.29, 0.717) is 25.7 Å². The molecule has 1 saturated carbocycles. The molecule has 2 amide bonds. The molecule has 1 unspecified atom stereocenters. The lowest BCUT2D eigenvalue weighted by molar-refractivity contribution is -0.143. The second-order valence-corrected chi connectivity index (χ2v) is 7.59. The van der Waals surface area contributed by atoms with Crippen molar-refractivity contribution in [2.45, 2.75) is 31.7 Å². The number of carbonyl (C=O) groups is 2. The zero-order valence-electron chi connectivity index (χ0n) is 10.5. The van der Waals surface area contributed by atoms with Crippen LogP contribution in [0.15, 0.2) is 0 Å². The Kier molecular flexibility index (Phi) is 3.71. The minimum Gasteiger partial charge on any atom is -0.481 e. The molecule has 1 aliphatic heterocycles. The number of rotatable bonds is 4. The maximum atomic E-state index is 11.6. The number of urea groups is 1. The predicted molar refractivity (Wildman–Crippen MR) is 67.5 cm³/mol. The van der Waals surface area contributed by atoms with Gasteiger partial charge in [0.15, 0.2) is 9.84 Å². The lowest BCUT2D eigenvalue weighted by Crippen LogP contribution is -2.48. The third-order valence-corrected chi connectivity index (χ3v) is 5.51. The Morgan fingerprint density at radius 3 is 2.53 bits per heavy atom. The van der Waals surface area contributed by atoms with Crippen LogP contribution in [0.3, 0.4) is 0 Å². The largest absolute Gasteiger partial charge is 0.481 e. The molecule has 1 atom stereocenters. The molecule has 2 fully saturated rings. The highest BCUT2D eigenvalue weighted by Gasteiger charge is 2.50. The van der Waals surface area contributed by atoms with Crippen LogP contribution < -0.4 is 10.6 Å². The maximum Gasteiger partial charge on any atom is 0.315 e. The number of carbonyl (C=O) groups excluding carboxylic acids is 1. The Morgan fingerprint density at radius 2 is 2.00 bits per heavy atom. The fraction of sp³-hybridized carbons (Fsp3) is 0.818. The number of nitrogens with one attached hydrogen (secondary N) is 2. The van der Waals surface area contributed by atoms with Gasteiger partial charge in [-0.2, -0.15) is 0 Å². The van der Waals surface area contributed by atoms with Gasteiger partial charge in [-0.25, -0.2) is 13.2 Å². The third-order valence-electron chi connectivity index (χ3n) is 3.69. The molecular formula is C11H18N2O5S. The molecule has 8 heteroatoms. The van der Waals surface area contributed by atoms with Crippen molar-refractivity contribution in [3.63, 3.8) is 0 Å². The molecule has 0 bridgehead atoms. The van der Waals surface area contributed by atoms with Crippen LogP contribution in [0.4, 0.5) is 4.79 Å². The van der Waals surface area contributed by atoms with Crippen LogP contribution >= 0.6 is 0 Å². The highest BCUT2D eigenvalue weighted by molar-refractivity contribution is 7.91. The predicted octanol–water partition coefficient (Wildman–Crippen LogP) is -0.272. The lowest BCUT2D eigenvalue weighted by atomic mass is 10.1. The molecule has 3 N–H and O–H groups in total. The highest BCUT2D eigenvalue weighted by Crippen LogP contribution is 2.45. The zero-order chi connectivity index (χ0) is 14.1. The number of amides is 2. The molecule has 1 saturated heterocycles. The summed E-state index contributed by atoms with van der Waals surface area (Å²) < 4.78 is 22.8. The van der Waals surface area contributed by atoms with E-state index in [4.69, 9.17) is 5.11 Å². The molecule has 7 nitrogen and oxygen atoms in total. The third kappa shape index (κ3) is 3.59. The van der Waals surface area contributed by atoms with Gasteiger partial charge in [-0.05, 0) is 25.7 Å². The Morgan fingerprint density at radius 1 is 1.32 bits per heavy atom. The molecule has 0 aromatic rings. The van der Waals surface area contributed by atoms with Crippen molar-refractivity contribution in [3.8, 4) is 0 Å². The second kappa shape index (κ2) is 4.99. The van der Waals surface area contributed by atoms with Crippen molar-refractivity contribution in [3.05, 3.63) is 0 Å². The van der Waals surface area contributed by atoms with E-state index in [9.17, 15) is 18.0 Å². The smallest absolute Gasteiger partial charge is 0.315 e. The fourth-order valence-corrected chi connectivity index (χ4v) is 3.88. The van der Waals surface area contributed by atoms with Gasteiger partial charge in [0.05, 0.1) is 16.9 Å². The molecular weight excluding hydrogens is 272 g/mol. The van der Waals surface area contributed by atoms with Gasteiger partial charge >= 0.3 is 12.0 Å². The SMILES string of the molecule is O=C(NCC1(C(=O)O)CC1)NC1CCCS(=O)(=O)C1. The minimum atomic E-state index is -3.06. The van der Waals surface area contributed by atoms with Crippen LogP contribution in [0.25, 0.3) is 0 Å². The van der Waals surface area contributed by atoms with E-state index in [-0.39, 0.29) is 24.1 Å². The maximum absolute atomic E-state index is 11.6. The van der Waals surface area contributed by atoms with Gasteiger partial charge in [0.1, 0.15) is 0 Å². The van der Waals surface area contributed by atoms with E-state index in [2.05, 4.69) is 10.6 Å². The number of carboxylic acid groups (broad SMARTS) is 1. The van der Waals surface area contributed by atoms with Crippen molar-refractivity contribution >= 4 is 21.8 Å². The van der Waals surface area contributed by atoms with E-state index in [0.717, 1.165) is 0 Å². The monoisotopic (exact) mass is 290 g/mol. The number of hydrogen-bond acceptors (Lipinski definition) is 4. The molecule has 108 valence electrons. The molecule has 1 aliphatic carbocycles. The van der Waals surface area contributed by atoms with Crippen LogP contribution in [0.2, 0.25) is 0 Å². The van der Waals surface area contributed by atoms with E-state index in [1.165, 1.54) is 0 Å². The van der Waals surface area contributed by atoms with Crippen molar-refractivity contribution in [1.29, 1.82) is 0 Å². The van der Waals surface area contributed by atoms with Gasteiger partial charge < -0.3 is 15.7 Å². The van der Waals surface area contributed by atoms with Gasteiger partial charge in [-0.3, -0.25) is 4.79 Å². The first-order valence-electron chi connectivity index (χ1n) is 6.31. The second-order valence-electron chi connectivity index (χ2n) is 5.37. The Labute approximate surface area is 111 Å². The molecule has 0 radical (unpaired) electrons. The van der Waals surface area contributed by atoms with Crippen LogP contribution in [0, 0.1) is 5.41 Å². The first-order chi connectivity index (χ1) is 8.83. The van der Waals surface area contributed by atoms with Crippen molar-refractivity contribution in [1.82, 2.24) is 10.6 Å². The van der Waals surface area contributed by atoms with Crippen molar-refractivity contribution < 1.29 is 23.1 Å². The molecule has 0 aromatic heterocycles. The first kappa shape index (κ1) is 14.1. The molecule has 0 aromatic carbocycles. The average Bonchev–Trinajstić information content (AvgIpc) is 3.06. The van der Waals surface area contributed by atoms with E-state index in [1.54, 1.807) is 0 Å². The minimum absolute atomic E-state index is 0.0372. The van der Waals surface area contributed by atoms with Crippen LogP contribution in [0.5, 0.6) is 0 Å². The summed E-state index contributed by atoms with van der Waals surface area (Å²) >= 11 is 0. The van der Waals surface area contributed by atoms with Crippen molar-refractivity contribution in [2.24, 2.45) is 5.41 Å². The summed E-state index contributed by atoms with van der Waals surface area (Å²) in [5.74, 6) is -0.757. The van der Waals surface area contributed by atoms with Gasteiger partial charge in [0, 0.05) is 12.6 Å². The quantitative estimate of drug-likeness (QED) is 0.659.